The Morgan fingerprint density at radius 1 is 1.33 bits per heavy atom. The van der Waals surface area contributed by atoms with E-state index in [0.717, 1.165) is 17.5 Å². The van der Waals surface area contributed by atoms with Gasteiger partial charge in [0.25, 0.3) is 5.91 Å². The molecule has 0 heterocycles. The molecule has 0 aliphatic rings. The molecule has 0 saturated carbocycles. The van der Waals surface area contributed by atoms with Crippen molar-refractivity contribution in [2.75, 3.05) is 6.61 Å². The fourth-order valence-corrected chi connectivity index (χ4v) is 2.20. The number of benzene rings is 1. The minimum atomic E-state index is -0.0514. The molecule has 0 saturated heterocycles. The zero-order chi connectivity index (χ0) is 15.8. The molecule has 0 radical (unpaired) electrons. The van der Waals surface area contributed by atoms with Crippen molar-refractivity contribution in [3.8, 4) is 11.8 Å². The first-order valence-corrected chi connectivity index (χ1v) is 7.50. The number of amides is 1. The Bertz CT molecular complexity index is 538. The highest BCUT2D eigenvalue weighted by Gasteiger charge is 2.15. The van der Waals surface area contributed by atoms with Gasteiger partial charge in [0.2, 0.25) is 0 Å². The Morgan fingerprint density at radius 3 is 2.62 bits per heavy atom. The molecular weight excluding hydrogens is 262 g/mol. The van der Waals surface area contributed by atoms with Gasteiger partial charge < -0.3 is 10.4 Å². The molecule has 1 atom stereocenters. The smallest absolute Gasteiger partial charge is 0.251 e. The SMILES string of the molecule is CCC(NC(=O)c1cc(C)cc(C#CCCO)c1)C(C)C. The average molecular weight is 287 g/mol. The lowest BCUT2D eigenvalue weighted by Crippen LogP contribution is -2.38. The van der Waals surface area contributed by atoms with Crippen molar-refractivity contribution >= 4 is 5.91 Å². The fourth-order valence-electron chi connectivity index (χ4n) is 2.20. The lowest BCUT2D eigenvalue weighted by molar-refractivity contribution is 0.0924. The van der Waals surface area contributed by atoms with Crippen molar-refractivity contribution in [2.24, 2.45) is 5.92 Å². The van der Waals surface area contributed by atoms with E-state index >= 15 is 0 Å². The van der Waals surface area contributed by atoms with Crippen LogP contribution in [-0.2, 0) is 0 Å². The zero-order valence-corrected chi connectivity index (χ0v) is 13.4. The maximum Gasteiger partial charge on any atom is 0.251 e. The van der Waals surface area contributed by atoms with Gasteiger partial charge in [-0.2, -0.15) is 0 Å². The van der Waals surface area contributed by atoms with E-state index in [9.17, 15) is 4.79 Å². The molecule has 2 N–H and O–H groups in total. The van der Waals surface area contributed by atoms with Gasteiger partial charge in [-0.25, -0.2) is 0 Å². The summed E-state index contributed by atoms with van der Waals surface area (Å²) in [5.41, 5.74) is 2.46. The van der Waals surface area contributed by atoms with Crippen molar-refractivity contribution in [2.45, 2.75) is 46.6 Å². The van der Waals surface area contributed by atoms with Gasteiger partial charge in [-0.15, -0.1) is 0 Å². The molecule has 0 spiro atoms. The molecule has 1 amide bonds. The summed E-state index contributed by atoms with van der Waals surface area (Å²) >= 11 is 0. The van der Waals surface area contributed by atoms with E-state index in [4.69, 9.17) is 5.11 Å². The Labute approximate surface area is 127 Å². The zero-order valence-electron chi connectivity index (χ0n) is 13.4. The first-order valence-electron chi connectivity index (χ1n) is 7.50. The van der Waals surface area contributed by atoms with Crippen molar-refractivity contribution in [3.63, 3.8) is 0 Å². The number of rotatable bonds is 5. The Kier molecular flexibility index (Phi) is 6.98. The van der Waals surface area contributed by atoms with Crippen LogP contribution in [0.3, 0.4) is 0 Å². The molecule has 0 bridgehead atoms. The third kappa shape index (κ3) is 5.61. The van der Waals surface area contributed by atoms with E-state index < -0.39 is 0 Å². The summed E-state index contributed by atoms with van der Waals surface area (Å²) in [6.07, 6.45) is 1.36. The number of aliphatic hydroxyl groups is 1. The molecule has 3 heteroatoms. The van der Waals surface area contributed by atoms with Crippen LogP contribution in [0.4, 0.5) is 0 Å². The van der Waals surface area contributed by atoms with Crippen molar-refractivity contribution in [1.29, 1.82) is 0 Å². The van der Waals surface area contributed by atoms with Crippen molar-refractivity contribution in [1.82, 2.24) is 5.32 Å². The van der Waals surface area contributed by atoms with Crippen LogP contribution >= 0.6 is 0 Å². The second-order valence-corrected chi connectivity index (χ2v) is 5.60. The van der Waals surface area contributed by atoms with Gasteiger partial charge in [0, 0.05) is 23.6 Å². The van der Waals surface area contributed by atoms with Crippen LogP contribution in [0, 0.1) is 24.7 Å². The Morgan fingerprint density at radius 2 is 2.05 bits per heavy atom. The maximum absolute atomic E-state index is 12.4. The molecule has 1 aromatic carbocycles. The van der Waals surface area contributed by atoms with E-state index in [1.807, 2.05) is 19.1 Å². The number of hydrogen-bond donors (Lipinski definition) is 2. The molecule has 114 valence electrons. The second-order valence-electron chi connectivity index (χ2n) is 5.60. The molecule has 1 aromatic rings. The lowest BCUT2D eigenvalue weighted by atomic mass is 10.0. The molecule has 1 unspecified atom stereocenters. The number of carbonyl (C=O) groups excluding carboxylic acids is 1. The number of carbonyl (C=O) groups is 1. The van der Waals surface area contributed by atoms with E-state index in [1.165, 1.54) is 0 Å². The molecular formula is C18H25NO2. The number of aliphatic hydroxyl groups excluding tert-OH is 1. The summed E-state index contributed by atoms with van der Waals surface area (Å²) in [5.74, 6) is 6.22. The monoisotopic (exact) mass is 287 g/mol. The summed E-state index contributed by atoms with van der Waals surface area (Å²) in [5, 5.41) is 11.8. The summed E-state index contributed by atoms with van der Waals surface area (Å²) in [6.45, 7) is 8.30. The van der Waals surface area contributed by atoms with Crippen LogP contribution in [0.15, 0.2) is 18.2 Å². The van der Waals surface area contributed by atoms with E-state index in [-0.39, 0.29) is 18.6 Å². The van der Waals surface area contributed by atoms with Gasteiger partial charge in [-0.3, -0.25) is 4.79 Å². The summed E-state index contributed by atoms with van der Waals surface area (Å²) in [4.78, 5) is 12.4. The predicted octanol–water partition coefficient (Wildman–Crippen LogP) is 2.89. The lowest BCUT2D eigenvalue weighted by Gasteiger charge is -2.20. The van der Waals surface area contributed by atoms with Crippen molar-refractivity contribution in [3.05, 3.63) is 34.9 Å². The van der Waals surface area contributed by atoms with Gasteiger partial charge in [0.05, 0.1) is 6.61 Å². The van der Waals surface area contributed by atoms with Gasteiger partial charge >= 0.3 is 0 Å². The number of hydrogen-bond acceptors (Lipinski definition) is 2. The molecule has 0 aliphatic carbocycles. The van der Waals surface area contributed by atoms with E-state index in [1.54, 1.807) is 6.07 Å². The van der Waals surface area contributed by atoms with Crippen LogP contribution in [0.2, 0.25) is 0 Å². The van der Waals surface area contributed by atoms with Gasteiger partial charge in [-0.1, -0.05) is 32.6 Å². The third-order valence-electron chi connectivity index (χ3n) is 3.37. The molecule has 1 rings (SSSR count). The van der Waals surface area contributed by atoms with Crippen LogP contribution in [0.25, 0.3) is 0 Å². The standard InChI is InChI=1S/C18H25NO2/c1-5-17(13(2)3)19-18(21)16-11-14(4)10-15(12-16)8-6-7-9-20/h10-13,17,20H,5,7,9H2,1-4H3,(H,19,21). The Hall–Kier alpha value is -1.79. The molecule has 0 aliphatic heterocycles. The molecule has 0 aromatic heterocycles. The summed E-state index contributed by atoms with van der Waals surface area (Å²) < 4.78 is 0. The number of aryl methyl sites for hydroxylation is 1. The first-order chi connectivity index (χ1) is 9.97. The summed E-state index contributed by atoms with van der Waals surface area (Å²) in [7, 11) is 0. The maximum atomic E-state index is 12.4. The molecule has 21 heavy (non-hydrogen) atoms. The topological polar surface area (TPSA) is 49.3 Å². The largest absolute Gasteiger partial charge is 0.395 e. The highest BCUT2D eigenvalue weighted by Crippen LogP contribution is 2.11. The second kappa shape index (κ2) is 8.49. The van der Waals surface area contributed by atoms with E-state index in [0.29, 0.717) is 17.9 Å². The first kappa shape index (κ1) is 17.3. The van der Waals surface area contributed by atoms with Crippen LogP contribution in [-0.4, -0.2) is 23.7 Å². The van der Waals surface area contributed by atoms with Crippen LogP contribution in [0.5, 0.6) is 0 Å². The summed E-state index contributed by atoms with van der Waals surface area (Å²) in [6, 6.07) is 5.81. The van der Waals surface area contributed by atoms with Crippen molar-refractivity contribution < 1.29 is 9.90 Å². The van der Waals surface area contributed by atoms with Gasteiger partial charge in [-0.05, 0) is 43.0 Å². The number of nitrogens with one attached hydrogen (secondary N) is 1. The van der Waals surface area contributed by atoms with Crippen LogP contribution in [0.1, 0.15) is 55.1 Å². The highest BCUT2D eigenvalue weighted by atomic mass is 16.2. The Balaban J connectivity index is 2.92. The minimum Gasteiger partial charge on any atom is -0.395 e. The van der Waals surface area contributed by atoms with Gasteiger partial charge in [0.1, 0.15) is 0 Å². The fraction of sp³-hybridized carbons (Fsp3) is 0.500. The average Bonchev–Trinajstić information content (AvgIpc) is 2.43. The van der Waals surface area contributed by atoms with E-state index in [2.05, 4.69) is 37.9 Å². The molecule has 0 fully saturated rings. The predicted molar refractivity (Wildman–Crippen MR) is 86.1 cm³/mol. The quantitative estimate of drug-likeness (QED) is 0.818. The minimum absolute atomic E-state index is 0.0514. The normalized spacial score (nSPS) is 11.7. The highest BCUT2D eigenvalue weighted by molar-refractivity contribution is 5.95. The third-order valence-corrected chi connectivity index (χ3v) is 3.37. The van der Waals surface area contributed by atoms with Crippen LogP contribution < -0.4 is 5.32 Å². The molecule has 3 nitrogen and oxygen atoms in total. The van der Waals surface area contributed by atoms with Gasteiger partial charge in [0.15, 0.2) is 0 Å².